The van der Waals surface area contributed by atoms with E-state index >= 15 is 0 Å². The first kappa shape index (κ1) is 21.7. The van der Waals surface area contributed by atoms with Crippen LogP contribution in [0.1, 0.15) is 16.9 Å². The van der Waals surface area contributed by atoms with Crippen molar-refractivity contribution in [1.82, 2.24) is 5.43 Å². The molecule has 0 aliphatic heterocycles. The summed E-state index contributed by atoms with van der Waals surface area (Å²) in [5.74, 6) is 0.118. The van der Waals surface area contributed by atoms with Gasteiger partial charge in [0.25, 0.3) is 11.6 Å². The highest BCUT2D eigenvalue weighted by Crippen LogP contribution is 2.30. The third-order valence-electron chi connectivity index (χ3n) is 5.06. The molecule has 4 rings (SSSR count). The van der Waals surface area contributed by atoms with E-state index in [2.05, 4.69) is 10.5 Å². The van der Waals surface area contributed by atoms with Gasteiger partial charge >= 0.3 is 0 Å². The zero-order chi connectivity index (χ0) is 23.3. The summed E-state index contributed by atoms with van der Waals surface area (Å²) in [5.41, 5.74) is 1.90. The molecule has 0 saturated heterocycles. The number of furan rings is 1. The quantitative estimate of drug-likeness (QED) is 0.253. The van der Waals surface area contributed by atoms with Gasteiger partial charge in [0.2, 0.25) is 0 Å². The third kappa shape index (κ3) is 4.56. The Kier molecular flexibility index (Phi) is 6.10. The number of amides is 1. The van der Waals surface area contributed by atoms with Crippen molar-refractivity contribution in [1.29, 1.82) is 0 Å². The van der Waals surface area contributed by atoms with E-state index in [0.29, 0.717) is 28.2 Å². The summed E-state index contributed by atoms with van der Waals surface area (Å²) in [6.07, 6.45) is 1.31. The number of carbonyl (C=O) groups excluding carboxylic acids is 1. The summed E-state index contributed by atoms with van der Waals surface area (Å²) in [6, 6.07) is 26.5. The van der Waals surface area contributed by atoms with Gasteiger partial charge in [0, 0.05) is 17.7 Å². The number of nitrogens with one attached hydrogen (secondary N) is 1. The molecule has 0 aliphatic rings. The number of nitro groups is 1. The van der Waals surface area contributed by atoms with Crippen molar-refractivity contribution in [2.75, 3.05) is 0 Å². The van der Waals surface area contributed by atoms with Crippen LogP contribution in [0.5, 0.6) is 0 Å². The van der Waals surface area contributed by atoms with Crippen molar-refractivity contribution >= 4 is 17.8 Å². The summed E-state index contributed by atoms with van der Waals surface area (Å²) in [6.45, 7) is 0. The van der Waals surface area contributed by atoms with Crippen LogP contribution in [0.25, 0.3) is 11.3 Å². The molecule has 8 heteroatoms. The summed E-state index contributed by atoms with van der Waals surface area (Å²) < 4.78 is 5.67. The fourth-order valence-electron chi connectivity index (χ4n) is 3.35. The molecule has 164 valence electrons. The van der Waals surface area contributed by atoms with Crippen molar-refractivity contribution in [2.24, 2.45) is 5.10 Å². The van der Waals surface area contributed by atoms with E-state index < -0.39 is 16.4 Å². The Morgan fingerprint density at radius 3 is 2.03 bits per heavy atom. The van der Waals surface area contributed by atoms with Crippen molar-refractivity contribution in [3.05, 3.63) is 124 Å². The van der Waals surface area contributed by atoms with Crippen LogP contribution in [0, 0.1) is 10.1 Å². The van der Waals surface area contributed by atoms with E-state index in [1.165, 1.54) is 18.3 Å². The van der Waals surface area contributed by atoms with E-state index in [1.807, 2.05) is 0 Å². The maximum absolute atomic E-state index is 13.0. The molecule has 0 radical (unpaired) electrons. The molecule has 1 amide bonds. The number of hydrogen-bond donors (Lipinski definition) is 2. The van der Waals surface area contributed by atoms with Crippen LogP contribution >= 0.6 is 0 Å². The van der Waals surface area contributed by atoms with Gasteiger partial charge < -0.3 is 9.52 Å². The van der Waals surface area contributed by atoms with Gasteiger partial charge in [-0.2, -0.15) is 5.10 Å². The third-order valence-corrected chi connectivity index (χ3v) is 5.06. The second-order valence-corrected chi connectivity index (χ2v) is 7.15. The first-order chi connectivity index (χ1) is 16.0. The molecule has 33 heavy (non-hydrogen) atoms. The van der Waals surface area contributed by atoms with Gasteiger partial charge in [0.15, 0.2) is 5.60 Å². The Balaban J connectivity index is 1.51. The van der Waals surface area contributed by atoms with Gasteiger partial charge in [-0.1, -0.05) is 60.7 Å². The van der Waals surface area contributed by atoms with E-state index in [1.54, 1.807) is 84.9 Å². The lowest BCUT2D eigenvalue weighted by molar-refractivity contribution is -0.384. The van der Waals surface area contributed by atoms with Gasteiger partial charge in [-0.15, -0.1) is 0 Å². The monoisotopic (exact) mass is 441 g/mol. The number of non-ortho nitro benzene ring substituents is 1. The Labute approximate surface area is 189 Å². The minimum Gasteiger partial charge on any atom is -0.455 e. The normalized spacial score (nSPS) is 11.4. The largest absolute Gasteiger partial charge is 0.455 e. The molecule has 4 aromatic rings. The van der Waals surface area contributed by atoms with Crippen LogP contribution in [0.3, 0.4) is 0 Å². The maximum atomic E-state index is 13.0. The fourth-order valence-corrected chi connectivity index (χ4v) is 3.35. The van der Waals surface area contributed by atoms with E-state index in [9.17, 15) is 20.0 Å². The SMILES string of the molecule is O=C(N/N=C/c1ccc(-c2ccc([N+](=O)[O-])cc2)o1)C(O)(c1ccccc1)c1ccccc1. The van der Waals surface area contributed by atoms with Crippen molar-refractivity contribution in [3.8, 4) is 11.3 Å². The molecular weight excluding hydrogens is 422 g/mol. The van der Waals surface area contributed by atoms with Crippen molar-refractivity contribution in [3.63, 3.8) is 0 Å². The molecule has 0 spiro atoms. The molecule has 8 nitrogen and oxygen atoms in total. The molecule has 1 heterocycles. The smallest absolute Gasteiger partial charge is 0.281 e. The summed E-state index contributed by atoms with van der Waals surface area (Å²) in [5, 5.41) is 26.1. The number of aliphatic hydroxyl groups is 1. The fraction of sp³-hybridized carbons (Fsp3) is 0.0400. The predicted molar refractivity (Wildman–Crippen MR) is 122 cm³/mol. The standard InChI is InChI=1S/C25H19N3O5/c29-24(25(30,19-7-3-1-4-8-19)20-9-5-2-6-10-20)27-26-17-22-15-16-23(33-22)18-11-13-21(14-12-18)28(31)32/h1-17,30H,(H,27,29)/b26-17+. The number of hydrogen-bond acceptors (Lipinski definition) is 6. The van der Waals surface area contributed by atoms with Crippen LogP contribution < -0.4 is 5.43 Å². The van der Waals surface area contributed by atoms with E-state index in [0.717, 1.165) is 0 Å². The summed E-state index contributed by atoms with van der Waals surface area (Å²) >= 11 is 0. The zero-order valence-corrected chi connectivity index (χ0v) is 17.3. The van der Waals surface area contributed by atoms with E-state index in [-0.39, 0.29) is 5.69 Å². The number of hydrazone groups is 1. The van der Waals surface area contributed by atoms with Gasteiger partial charge in [0.05, 0.1) is 11.1 Å². The van der Waals surface area contributed by atoms with Crippen molar-refractivity contribution < 1.29 is 19.2 Å². The van der Waals surface area contributed by atoms with Gasteiger partial charge in [-0.3, -0.25) is 14.9 Å². The molecule has 2 N–H and O–H groups in total. The average molecular weight is 441 g/mol. The summed E-state index contributed by atoms with van der Waals surface area (Å²) in [7, 11) is 0. The highest BCUT2D eigenvalue weighted by molar-refractivity contribution is 5.91. The zero-order valence-electron chi connectivity index (χ0n) is 17.3. The summed E-state index contributed by atoms with van der Waals surface area (Å²) in [4.78, 5) is 23.3. The first-order valence-electron chi connectivity index (χ1n) is 10.00. The molecule has 0 saturated carbocycles. The lowest BCUT2D eigenvalue weighted by atomic mass is 9.85. The second-order valence-electron chi connectivity index (χ2n) is 7.15. The van der Waals surface area contributed by atoms with Gasteiger partial charge in [-0.25, -0.2) is 5.43 Å². The topological polar surface area (TPSA) is 118 Å². The molecule has 0 atom stereocenters. The van der Waals surface area contributed by atoms with Gasteiger partial charge in [0.1, 0.15) is 11.5 Å². The number of nitro benzene ring substituents is 1. The minimum absolute atomic E-state index is 0.0147. The number of rotatable bonds is 7. The Morgan fingerprint density at radius 1 is 0.909 bits per heavy atom. The molecular formula is C25H19N3O5. The van der Waals surface area contributed by atoms with Crippen LogP contribution in [-0.2, 0) is 10.4 Å². The van der Waals surface area contributed by atoms with E-state index in [4.69, 9.17) is 4.42 Å². The second kappa shape index (κ2) is 9.29. The maximum Gasteiger partial charge on any atom is 0.281 e. The Bertz CT molecular complexity index is 1240. The highest BCUT2D eigenvalue weighted by atomic mass is 16.6. The Morgan fingerprint density at radius 2 is 1.48 bits per heavy atom. The molecule has 0 fully saturated rings. The lowest BCUT2D eigenvalue weighted by Crippen LogP contribution is -2.43. The number of benzene rings is 3. The first-order valence-corrected chi connectivity index (χ1v) is 10.00. The molecule has 0 bridgehead atoms. The van der Waals surface area contributed by atoms with Crippen molar-refractivity contribution in [2.45, 2.75) is 5.60 Å². The van der Waals surface area contributed by atoms with Crippen LogP contribution in [0.4, 0.5) is 5.69 Å². The van der Waals surface area contributed by atoms with Crippen LogP contribution in [0.15, 0.2) is 107 Å². The molecule has 0 unspecified atom stereocenters. The van der Waals surface area contributed by atoms with Crippen LogP contribution in [0.2, 0.25) is 0 Å². The van der Waals surface area contributed by atoms with Gasteiger partial charge in [-0.05, 0) is 35.4 Å². The Hall–Kier alpha value is -4.56. The highest BCUT2D eigenvalue weighted by Gasteiger charge is 2.39. The molecule has 3 aromatic carbocycles. The lowest BCUT2D eigenvalue weighted by Gasteiger charge is -2.26. The number of nitrogens with zero attached hydrogens (tertiary/aromatic N) is 2. The minimum atomic E-state index is -1.94. The molecule has 0 aliphatic carbocycles. The average Bonchev–Trinajstić information content (AvgIpc) is 3.33. The van der Waals surface area contributed by atoms with Crippen LogP contribution in [-0.4, -0.2) is 22.2 Å². The number of carbonyl (C=O) groups is 1. The molecule has 1 aromatic heterocycles. The predicted octanol–water partition coefficient (Wildman–Crippen LogP) is 4.24.